The van der Waals surface area contributed by atoms with Crippen LogP contribution < -0.4 is 9.75 Å². The van der Waals surface area contributed by atoms with Gasteiger partial charge in [0.05, 0.1) is 31.8 Å². The third-order valence-corrected chi connectivity index (χ3v) is 3.33. The molecule has 6 heteroatoms. The van der Waals surface area contributed by atoms with Gasteiger partial charge in [0.1, 0.15) is 11.8 Å². The van der Waals surface area contributed by atoms with Gasteiger partial charge in [-0.1, -0.05) is 30.3 Å². The van der Waals surface area contributed by atoms with E-state index in [4.69, 9.17) is 9.47 Å². The monoisotopic (exact) mass is 349 g/mol. The highest BCUT2D eigenvalue weighted by Crippen LogP contribution is 2.21. The first-order chi connectivity index (χ1) is 12.7. The zero-order valence-corrected chi connectivity index (χ0v) is 14.6. The van der Waals surface area contributed by atoms with Crippen molar-refractivity contribution in [2.24, 2.45) is 5.10 Å². The van der Waals surface area contributed by atoms with Crippen molar-refractivity contribution in [3.05, 3.63) is 71.9 Å². The number of carbonyl (C=O) groups is 1. The Morgan fingerprint density at radius 3 is 2.46 bits per heavy atom. The second-order valence-electron chi connectivity index (χ2n) is 5.07. The first-order valence-corrected chi connectivity index (χ1v) is 7.99. The Kier molecular flexibility index (Phi) is 6.95. The van der Waals surface area contributed by atoms with Crippen LogP contribution in [0.1, 0.15) is 12.5 Å². The summed E-state index contributed by atoms with van der Waals surface area (Å²) in [6.45, 7) is 1.87. The number of anilines is 1. The summed E-state index contributed by atoms with van der Waals surface area (Å²) < 4.78 is 10.1. The number of hydrogen-bond donors (Lipinski definition) is 0. The van der Waals surface area contributed by atoms with Crippen molar-refractivity contribution in [1.29, 1.82) is 5.26 Å². The number of hydrazone groups is 1. The fraction of sp³-hybridized carbons (Fsp3) is 0.150. The molecule has 0 aromatic heterocycles. The number of benzene rings is 2. The van der Waals surface area contributed by atoms with Crippen LogP contribution in [0.25, 0.3) is 0 Å². The average Bonchev–Trinajstić information content (AvgIpc) is 2.69. The largest absolute Gasteiger partial charge is 0.497 e. The molecule has 0 amide bonds. The summed E-state index contributed by atoms with van der Waals surface area (Å²) in [4.78, 5) is 11.9. The summed E-state index contributed by atoms with van der Waals surface area (Å²) in [6, 6.07) is 18.4. The number of rotatable bonds is 7. The van der Waals surface area contributed by atoms with Crippen LogP contribution in [0.4, 0.5) is 5.69 Å². The van der Waals surface area contributed by atoms with Gasteiger partial charge in [-0.2, -0.15) is 10.4 Å². The smallest absolute Gasteiger partial charge is 0.350 e. The zero-order chi connectivity index (χ0) is 18.8. The van der Waals surface area contributed by atoms with E-state index in [-0.39, 0.29) is 12.2 Å². The third kappa shape index (κ3) is 5.21. The van der Waals surface area contributed by atoms with Crippen molar-refractivity contribution in [2.75, 3.05) is 18.7 Å². The number of hydrogen-bond acceptors (Lipinski definition) is 6. The van der Waals surface area contributed by atoms with Gasteiger partial charge in [0, 0.05) is 0 Å². The van der Waals surface area contributed by atoms with Crippen molar-refractivity contribution >= 4 is 17.9 Å². The normalized spacial score (nSPS) is 11.0. The Hall–Kier alpha value is -3.59. The van der Waals surface area contributed by atoms with Crippen LogP contribution in [0.2, 0.25) is 0 Å². The first kappa shape index (κ1) is 18.7. The highest BCUT2D eigenvalue weighted by molar-refractivity contribution is 5.93. The van der Waals surface area contributed by atoms with E-state index in [9.17, 15) is 10.1 Å². The van der Waals surface area contributed by atoms with E-state index in [1.165, 1.54) is 11.2 Å². The van der Waals surface area contributed by atoms with E-state index in [2.05, 4.69) is 5.10 Å². The summed E-state index contributed by atoms with van der Waals surface area (Å²) in [7, 11) is 1.58. The maximum atomic E-state index is 11.9. The summed E-state index contributed by atoms with van der Waals surface area (Å²) in [5, 5.41) is 15.1. The maximum absolute atomic E-state index is 11.9. The van der Waals surface area contributed by atoms with Crippen LogP contribution in [0.15, 0.2) is 71.5 Å². The number of ether oxygens (including phenoxy) is 2. The van der Waals surface area contributed by atoms with Crippen molar-refractivity contribution in [2.45, 2.75) is 6.92 Å². The van der Waals surface area contributed by atoms with Gasteiger partial charge < -0.3 is 9.47 Å². The van der Waals surface area contributed by atoms with E-state index in [1.807, 2.05) is 36.4 Å². The molecule has 2 aromatic carbocycles. The van der Waals surface area contributed by atoms with E-state index < -0.39 is 5.97 Å². The van der Waals surface area contributed by atoms with Crippen molar-refractivity contribution < 1.29 is 14.3 Å². The van der Waals surface area contributed by atoms with Crippen LogP contribution in [0.5, 0.6) is 5.75 Å². The molecule has 0 saturated heterocycles. The summed E-state index contributed by atoms with van der Waals surface area (Å²) in [5.74, 6) is -0.000888. The molecule has 6 nitrogen and oxygen atoms in total. The maximum Gasteiger partial charge on any atom is 0.350 e. The summed E-state index contributed by atoms with van der Waals surface area (Å²) >= 11 is 0. The molecular formula is C20H19N3O3. The molecular weight excluding hydrogens is 330 g/mol. The van der Waals surface area contributed by atoms with Crippen LogP contribution in [-0.4, -0.2) is 25.9 Å². The van der Waals surface area contributed by atoms with Crippen LogP contribution >= 0.6 is 0 Å². The van der Waals surface area contributed by atoms with Gasteiger partial charge in [-0.3, -0.25) is 0 Å². The molecule has 132 valence electrons. The van der Waals surface area contributed by atoms with Crippen molar-refractivity contribution in [3.8, 4) is 11.8 Å². The molecule has 0 aliphatic heterocycles. The fourth-order valence-electron chi connectivity index (χ4n) is 2.04. The molecule has 0 bridgehead atoms. The number of carbonyl (C=O) groups excluding carboxylic acids is 1. The Balaban J connectivity index is 2.38. The van der Waals surface area contributed by atoms with Gasteiger partial charge >= 0.3 is 5.97 Å². The number of methoxy groups -OCH3 is 1. The molecule has 0 aliphatic rings. The predicted molar refractivity (Wildman–Crippen MR) is 99.8 cm³/mol. The lowest BCUT2D eigenvalue weighted by Gasteiger charge is -2.15. The lowest BCUT2D eigenvalue weighted by atomic mass is 10.2. The minimum absolute atomic E-state index is 0.145. The Bertz CT molecular complexity index is 822. The molecule has 0 N–H and O–H groups in total. The van der Waals surface area contributed by atoms with Gasteiger partial charge in [0.2, 0.25) is 0 Å². The molecule has 2 rings (SSSR count). The van der Waals surface area contributed by atoms with Crippen LogP contribution in [0, 0.1) is 11.3 Å². The molecule has 0 atom stereocenters. The second kappa shape index (κ2) is 9.64. The first-order valence-electron chi connectivity index (χ1n) is 7.99. The van der Waals surface area contributed by atoms with Crippen LogP contribution in [-0.2, 0) is 9.53 Å². The van der Waals surface area contributed by atoms with E-state index in [0.29, 0.717) is 11.4 Å². The average molecular weight is 349 g/mol. The molecule has 2 aromatic rings. The highest BCUT2D eigenvalue weighted by Gasteiger charge is 2.13. The number of nitriles is 1. The van der Waals surface area contributed by atoms with E-state index >= 15 is 0 Å². The Morgan fingerprint density at radius 1 is 1.19 bits per heavy atom. The third-order valence-electron chi connectivity index (χ3n) is 3.33. The molecule has 0 aliphatic carbocycles. The Morgan fingerprint density at radius 2 is 1.88 bits per heavy atom. The standard InChI is InChI=1S/C20H19N3O3/c1-3-26-20(24)17(13-21)15-23(18-9-11-19(25-2)12-10-18)22-14-16-7-5-4-6-8-16/h4-12,14-15H,3H2,1-2H3/b17-15+,22-14+. The molecule has 0 fully saturated rings. The summed E-state index contributed by atoms with van der Waals surface area (Å²) in [5.41, 5.74) is 1.40. The van der Waals surface area contributed by atoms with Crippen LogP contribution in [0.3, 0.4) is 0 Å². The fourth-order valence-corrected chi connectivity index (χ4v) is 2.04. The molecule has 0 spiro atoms. The molecule has 0 heterocycles. The molecule has 26 heavy (non-hydrogen) atoms. The molecule has 0 unspecified atom stereocenters. The zero-order valence-electron chi connectivity index (χ0n) is 14.6. The Labute approximate surface area is 152 Å². The lowest BCUT2D eigenvalue weighted by Crippen LogP contribution is -2.14. The van der Waals surface area contributed by atoms with Gasteiger partial charge in [0.15, 0.2) is 5.57 Å². The minimum Gasteiger partial charge on any atom is -0.497 e. The van der Waals surface area contributed by atoms with Gasteiger partial charge in [0.25, 0.3) is 0 Å². The lowest BCUT2D eigenvalue weighted by molar-refractivity contribution is -0.138. The van der Waals surface area contributed by atoms with Gasteiger partial charge in [-0.15, -0.1) is 0 Å². The van der Waals surface area contributed by atoms with Crippen molar-refractivity contribution in [3.63, 3.8) is 0 Å². The SMILES string of the molecule is CCOC(=O)/C(C#N)=C/N(/N=C/c1ccccc1)c1ccc(OC)cc1. The van der Waals surface area contributed by atoms with E-state index in [1.54, 1.807) is 44.5 Å². The van der Waals surface area contributed by atoms with E-state index in [0.717, 1.165) is 5.56 Å². The highest BCUT2D eigenvalue weighted by atomic mass is 16.5. The predicted octanol–water partition coefficient (Wildman–Crippen LogP) is 3.51. The summed E-state index contributed by atoms with van der Waals surface area (Å²) in [6.07, 6.45) is 2.99. The topological polar surface area (TPSA) is 74.9 Å². The quantitative estimate of drug-likeness (QED) is 0.251. The number of nitrogens with zero attached hydrogens (tertiary/aromatic N) is 3. The van der Waals surface area contributed by atoms with Gasteiger partial charge in [-0.25, -0.2) is 9.80 Å². The number of esters is 1. The van der Waals surface area contributed by atoms with Crippen molar-refractivity contribution in [1.82, 2.24) is 0 Å². The molecule has 0 saturated carbocycles. The minimum atomic E-state index is -0.691. The molecule has 0 radical (unpaired) electrons. The van der Waals surface area contributed by atoms with Gasteiger partial charge in [-0.05, 0) is 36.8 Å². The second-order valence-corrected chi connectivity index (χ2v) is 5.07.